The van der Waals surface area contributed by atoms with Gasteiger partial charge in [0.25, 0.3) is 0 Å². The van der Waals surface area contributed by atoms with Crippen LogP contribution in [0.5, 0.6) is 5.88 Å². The van der Waals surface area contributed by atoms with E-state index in [0.717, 1.165) is 24.6 Å². The number of pyridine rings is 1. The van der Waals surface area contributed by atoms with Gasteiger partial charge < -0.3 is 15.4 Å². The lowest BCUT2D eigenvalue weighted by atomic mass is 10.1. The van der Waals surface area contributed by atoms with Crippen molar-refractivity contribution in [1.29, 1.82) is 0 Å². The number of rotatable bonds is 8. The highest BCUT2D eigenvalue weighted by Gasteiger charge is 2.08. The summed E-state index contributed by atoms with van der Waals surface area (Å²) in [6.07, 6.45) is 1.74. The number of aliphatic imine (C=N–C) groups is 1. The van der Waals surface area contributed by atoms with Crippen LogP contribution in [0.1, 0.15) is 37.1 Å². The fourth-order valence-electron chi connectivity index (χ4n) is 2.24. The first-order chi connectivity index (χ1) is 11.7. The van der Waals surface area contributed by atoms with Crippen molar-refractivity contribution >= 4 is 17.3 Å². The summed E-state index contributed by atoms with van der Waals surface area (Å²) in [4.78, 5) is 10.3. The number of nitrogens with zero attached hydrogens (tertiary/aromatic N) is 2. The van der Waals surface area contributed by atoms with Crippen molar-refractivity contribution in [1.82, 2.24) is 15.6 Å². The molecule has 0 amide bonds. The van der Waals surface area contributed by atoms with Crippen LogP contribution in [0.4, 0.5) is 0 Å². The SMILES string of the molecule is CCNC(=NCc1cccnc1OCC)NCC(C)c1cccs1. The lowest BCUT2D eigenvalue weighted by Gasteiger charge is -2.15. The van der Waals surface area contributed by atoms with Gasteiger partial charge in [-0.15, -0.1) is 11.3 Å². The Kier molecular flexibility index (Phi) is 7.55. The molecule has 1 unspecified atom stereocenters. The number of hydrogen-bond acceptors (Lipinski definition) is 4. The highest BCUT2D eigenvalue weighted by atomic mass is 32.1. The molecule has 2 aromatic rings. The number of nitrogens with one attached hydrogen (secondary N) is 2. The molecule has 0 bridgehead atoms. The number of thiophene rings is 1. The van der Waals surface area contributed by atoms with E-state index < -0.39 is 0 Å². The molecule has 2 aromatic heterocycles. The van der Waals surface area contributed by atoms with Crippen LogP contribution < -0.4 is 15.4 Å². The molecule has 2 rings (SSSR count). The molecule has 130 valence electrons. The molecule has 2 heterocycles. The Morgan fingerprint density at radius 2 is 2.17 bits per heavy atom. The summed E-state index contributed by atoms with van der Waals surface area (Å²) >= 11 is 1.79. The topological polar surface area (TPSA) is 58.5 Å². The van der Waals surface area contributed by atoms with Crippen LogP contribution >= 0.6 is 11.3 Å². The van der Waals surface area contributed by atoms with Gasteiger partial charge in [-0.25, -0.2) is 9.98 Å². The third-order valence-corrected chi connectivity index (χ3v) is 4.59. The van der Waals surface area contributed by atoms with Gasteiger partial charge in [-0.3, -0.25) is 0 Å². The molecule has 0 spiro atoms. The number of guanidine groups is 1. The second kappa shape index (κ2) is 9.93. The van der Waals surface area contributed by atoms with Crippen molar-refractivity contribution in [3.63, 3.8) is 0 Å². The molecule has 24 heavy (non-hydrogen) atoms. The van der Waals surface area contributed by atoms with Crippen LogP contribution in [-0.4, -0.2) is 30.6 Å². The zero-order chi connectivity index (χ0) is 17.2. The lowest BCUT2D eigenvalue weighted by molar-refractivity contribution is 0.323. The van der Waals surface area contributed by atoms with Gasteiger partial charge in [0.2, 0.25) is 5.88 Å². The van der Waals surface area contributed by atoms with E-state index in [4.69, 9.17) is 4.74 Å². The fourth-order valence-corrected chi connectivity index (χ4v) is 3.03. The second-order valence-corrected chi connectivity index (χ2v) is 6.37. The molecular weight excluding hydrogens is 320 g/mol. The van der Waals surface area contributed by atoms with Gasteiger partial charge in [0.15, 0.2) is 5.96 Å². The highest BCUT2D eigenvalue weighted by molar-refractivity contribution is 7.10. The zero-order valence-corrected chi connectivity index (χ0v) is 15.4. The molecule has 2 N–H and O–H groups in total. The molecular formula is C18H26N4OS. The zero-order valence-electron chi connectivity index (χ0n) is 14.6. The first-order valence-electron chi connectivity index (χ1n) is 8.36. The molecule has 0 fully saturated rings. The Morgan fingerprint density at radius 3 is 2.88 bits per heavy atom. The predicted octanol–water partition coefficient (Wildman–Crippen LogP) is 3.40. The fraction of sp³-hybridized carbons (Fsp3) is 0.444. The molecule has 1 atom stereocenters. The van der Waals surface area contributed by atoms with E-state index in [1.807, 2.05) is 19.1 Å². The second-order valence-electron chi connectivity index (χ2n) is 5.39. The molecule has 6 heteroatoms. The van der Waals surface area contributed by atoms with E-state index in [2.05, 4.69) is 52.0 Å². The maximum atomic E-state index is 5.56. The van der Waals surface area contributed by atoms with E-state index >= 15 is 0 Å². The van der Waals surface area contributed by atoms with Crippen LogP contribution in [0.3, 0.4) is 0 Å². The highest BCUT2D eigenvalue weighted by Crippen LogP contribution is 2.19. The standard InChI is InChI=1S/C18H26N4OS/c1-4-19-18(21-12-14(3)16-9-7-11-24-16)22-13-15-8-6-10-20-17(15)23-5-2/h6-11,14H,4-5,12-13H2,1-3H3,(H2,19,21,22). The Hall–Kier alpha value is -2.08. The average molecular weight is 347 g/mol. The van der Waals surface area contributed by atoms with Crippen LogP contribution in [0, 0.1) is 0 Å². The monoisotopic (exact) mass is 346 g/mol. The van der Waals surface area contributed by atoms with E-state index in [1.165, 1.54) is 4.88 Å². The van der Waals surface area contributed by atoms with Gasteiger partial charge in [0, 0.05) is 35.6 Å². The van der Waals surface area contributed by atoms with Crippen LogP contribution in [-0.2, 0) is 6.54 Å². The largest absolute Gasteiger partial charge is 0.478 e. The van der Waals surface area contributed by atoms with Crippen LogP contribution in [0.25, 0.3) is 0 Å². The summed E-state index contributed by atoms with van der Waals surface area (Å²) in [5, 5.41) is 8.81. The Morgan fingerprint density at radius 1 is 1.29 bits per heavy atom. The number of aromatic nitrogens is 1. The molecule has 0 aliphatic carbocycles. The molecule has 0 radical (unpaired) electrons. The Bertz CT molecular complexity index is 628. The predicted molar refractivity (Wildman–Crippen MR) is 101 cm³/mol. The Labute approximate surface area is 148 Å². The van der Waals surface area contributed by atoms with Gasteiger partial charge in [-0.2, -0.15) is 0 Å². The quantitative estimate of drug-likeness (QED) is 0.568. The van der Waals surface area contributed by atoms with Crippen molar-refractivity contribution in [2.75, 3.05) is 19.7 Å². The molecule has 0 aliphatic rings. The third-order valence-electron chi connectivity index (χ3n) is 3.49. The van der Waals surface area contributed by atoms with Crippen molar-refractivity contribution in [2.45, 2.75) is 33.2 Å². The number of ether oxygens (including phenoxy) is 1. The third kappa shape index (κ3) is 5.53. The van der Waals surface area contributed by atoms with Crippen LogP contribution in [0.2, 0.25) is 0 Å². The normalized spacial score (nSPS) is 12.7. The Balaban J connectivity index is 1.97. The van der Waals surface area contributed by atoms with Crippen LogP contribution in [0.15, 0.2) is 40.8 Å². The van der Waals surface area contributed by atoms with Gasteiger partial charge in [-0.1, -0.05) is 19.1 Å². The minimum Gasteiger partial charge on any atom is -0.478 e. The summed E-state index contributed by atoms with van der Waals surface area (Å²) < 4.78 is 5.56. The minimum absolute atomic E-state index is 0.450. The smallest absolute Gasteiger partial charge is 0.218 e. The molecule has 0 saturated heterocycles. The van der Waals surface area contributed by atoms with Crippen molar-refractivity contribution < 1.29 is 4.74 Å². The van der Waals surface area contributed by atoms with E-state index in [1.54, 1.807) is 17.5 Å². The lowest BCUT2D eigenvalue weighted by Crippen LogP contribution is -2.39. The maximum Gasteiger partial charge on any atom is 0.218 e. The van der Waals surface area contributed by atoms with E-state index in [0.29, 0.717) is 24.9 Å². The van der Waals surface area contributed by atoms with Gasteiger partial charge in [-0.05, 0) is 31.4 Å². The summed E-state index contributed by atoms with van der Waals surface area (Å²) in [7, 11) is 0. The van der Waals surface area contributed by atoms with E-state index in [9.17, 15) is 0 Å². The summed E-state index contributed by atoms with van der Waals surface area (Å²) in [5.74, 6) is 1.92. The van der Waals surface area contributed by atoms with Gasteiger partial charge in [0.05, 0.1) is 13.2 Å². The van der Waals surface area contributed by atoms with E-state index in [-0.39, 0.29) is 0 Å². The first-order valence-corrected chi connectivity index (χ1v) is 9.24. The van der Waals surface area contributed by atoms with Gasteiger partial charge >= 0.3 is 0 Å². The summed E-state index contributed by atoms with van der Waals surface area (Å²) in [5.41, 5.74) is 0.989. The van der Waals surface area contributed by atoms with Crippen molar-refractivity contribution in [3.05, 3.63) is 46.3 Å². The maximum absolute atomic E-state index is 5.56. The number of hydrogen-bond donors (Lipinski definition) is 2. The minimum atomic E-state index is 0.450. The van der Waals surface area contributed by atoms with Crippen molar-refractivity contribution in [2.24, 2.45) is 4.99 Å². The van der Waals surface area contributed by atoms with Gasteiger partial charge in [0.1, 0.15) is 0 Å². The molecule has 5 nitrogen and oxygen atoms in total. The molecule has 0 aliphatic heterocycles. The molecule has 0 aromatic carbocycles. The molecule has 0 saturated carbocycles. The first kappa shape index (κ1) is 18.3. The van der Waals surface area contributed by atoms with Crippen molar-refractivity contribution in [3.8, 4) is 5.88 Å². The summed E-state index contributed by atoms with van der Waals surface area (Å²) in [6.45, 7) is 9.05. The average Bonchev–Trinajstić information content (AvgIpc) is 3.13. The summed E-state index contributed by atoms with van der Waals surface area (Å²) in [6, 6.07) is 8.17.